The van der Waals surface area contributed by atoms with Crippen molar-refractivity contribution in [3.05, 3.63) is 70.3 Å². The van der Waals surface area contributed by atoms with Crippen LogP contribution in [0, 0.1) is 3.57 Å². The molecule has 23 heavy (non-hydrogen) atoms. The highest BCUT2D eigenvalue weighted by atomic mass is 127. The number of halogens is 1. The van der Waals surface area contributed by atoms with Gasteiger partial charge in [0.1, 0.15) is 22.5 Å². The average Bonchev–Trinajstić information content (AvgIpc) is 2.98. The zero-order chi connectivity index (χ0) is 15.8. The summed E-state index contributed by atoms with van der Waals surface area (Å²) in [4.78, 5) is 1.48. The van der Waals surface area contributed by atoms with Crippen molar-refractivity contribution in [1.82, 2.24) is 15.0 Å². The second-order valence-corrected chi connectivity index (χ2v) is 6.44. The molecule has 1 N–H and O–H groups in total. The monoisotopic (exact) mass is 413 g/mol. The molecular formula is C18H12IN3O. The van der Waals surface area contributed by atoms with Crippen molar-refractivity contribution in [2.75, 3.05) is 0 Å². The lowest BCUT2D eigenvalue weighted by molar-refractivity contribution is 0.468. The molecule has 0 unspecified atom stereocenters. The Labute approximate surface area is 146 Å². The minimum Gasteiger partial charge on any atom is -0.506 e. The maximum Gasteiger partial charge on any atom is 0.143 e. The Morgan fingerprint density at radius 3 is 2.35 bits per heavy atom. The minimum absolute atomic E-state index is 0.154. The SMILES string of the molecule is Oc1cc(-c2ccccc2)ccc1-n1nc2ccc(I)cc2n1. The smallest absolute Gasteiger partial charge is 0.143 e. The second kappa shape index (κ2) is 5.66. The maximum absolute atomic E-state index is 10.4. The van der Waals surface area contributed by atoms with Gasteiger partial charge in [-0.05, 0) is 64.0 Å². The molecule has 4 nitrogen and oxygen atoms in total. The van der Waals surface area contributed by atoms with E-state index >= 15 is 0 Å². The minimum atomic E-state index is 0.154. The van der Waals surface area contributed by atoms with E-state index in [1.54, 1.807) is 6.07 Å². The number of rotatable bonds is 2. The van der Waals surface area contributed by atoms with Crippen LogP contribution in [0.3, 0.4) is 0 Å². The van der Waals surface area contributed by atoms with Crippen LogP contribution >= 0.6 is 22.6 Å². The third-order valence-corrected chi connectivity index (χ3v) is 4.31. The second-order valence-electron chi connectivity index (χ2n) is 5.19. The summed E-state index contributed by atoms with van der Waals surface area (Å²) in [6, 6.07) is 21.4. The van der Waals surface area contributed by atoms with Crippen LogP contribution in [0.2, 0.25) is 0 Å². The van der Waals surface area contributed by atoms with E-state index < -0.39 is 0 Å². The normalized spacial score (nSPS) is 11.0. The summed E-state index contributed by atoms with van der Waals surface area (Å²) in [7, 11) is 0. The number of phenolic OH excluding ortho intramolecular Hbond substituents is 1. The molecule has 0 saturated carbocycles. The first kappa shape index (κ1) is 14.2. The number of nitrogens with zero attached hydrogens (tertiary/aromatic N) is 3. The molecule has 1 aromatic heterocycles. The van der Waals surface area contributed by atoms with Gasteiger partial charge in [-0.1, -0.05) is 36.4 Å². The van der Waals surface area contributed by atoms with Crippen molar-refractivity contribution < 1.29 is 5.11 Å². The summed E-state index contributed by atoms with van der Waals surface area (Å²) >= 11 is 2.24. The highest BCUT2D eigenvalue weighted by molar-refractivity contribution is 14.1. The van der Waals surface area contributed by atoms with E-state index in [-0.39, 0.29) is 5.75 Å². The van der Waals surface area contributed by atoms with Gasteiger partial charge < -0.3 is 5.11 Å². The highest BCUT2D eigenvalue weighted by Gasteiger charge is 2.10. The Hall–Kier alpha value is -2.41. The topological polar surface area (TPSA) is 50.9 Å². The van der Waals surface area contributed by atoms with Crippen LogP contribution in [0.25, 0.3) is 27.8 Å². The summed E-state index contributed by atoms with van der Waals surface area (Å²) in [5.41, 5.74) is 4.19. The van der Waals surface area contributed by atoms with Gasteiger partial charge in [0.05, 0.1) is 0 Å². The van der Waals surface area contributed by atoms with E-state index in [0.29, 0.717) is 5.69 Å². The van der Waals surface area contributed by atoms with Crippen molar-refractivity contribution in [1.29, 1.82) is 0 Å². The van der Waals surface area contributed by atoms with Crippen molar-refractivity contribution in [2.45, 2.75) is 0 Å². The molecule has 0 aliphatic carbocycles. The summed E-state index contributed by atoms with van der Waals surface area (Å²) < 4.78 is 1.10. The molecule has 0 spiro atoms. The zero-order valence-electron chi connectivity index (χ0n) is 12.0. The molecule has 4 rings (SSSR count). The number of phenols is 1. The molecule has 112 valence electrons. The summed E-state index contributed by atoms with van der Waals surface area (Å²) in [6.07, 6.45) is 0. The third-order valence-electron chi connectivity index (χ3n) is 3.64. The number of hydrogen-bond acceptors (Lipinski definition) is 3. The van der Waals surface area contributed by atoms with E-state index in [2.05, 4.69) is 32.8 Å². The van der Waals surface area contributed by atoms with Crippen LogP contribution in [0.5, 0.6) is 5.75 Å². The third kappa shape index (κ3) is 2.68. The van der Waals surface area contributed by atoms with E-state index in [1.807, 2.05) is 60.7 Å². The molecule has 0 saturated heterocycles. The molecule has 0 radical (unpaired) electrons. The van der Waals surface area contributed by atoms with Crippen molar-refractivity contribution in [2.24, 2.45) is 0 Å². The number of fused-ring (bicyclic) bond motifs is 1. The van der Waals surface area contributed by atoms with Gasteiger partial charge in [0.15, 0.2) is 0 Å². The Morgan fingerprint density at radius 2 is 1.57 bits per heavy atom. The molecule has 0 aliphatic heterocycles. The average molecular weight is 413 g/mol. The number of aromatic nitrogens is 3. The fourth-order valence-corrected chi connectivity index (χ4v) is 2.97. The van der Waals surface area contributed by atoms with Crippen LogP contribution in [-0.4, -0.2) is 20.1 Å². The largest absolute Gasteiger partial charge is 0.506 e. The first-order chi connectivity index (χ1) is 11.2. The van der Waals surface area contributed by atoms with Crippen LogP contribution < -0.4 is 0 Å². The van der Waals surface area contributed by atoms with E-state index in [9.17, 15) is 5.11 Å². The fraction of sp³-hybridized carbons (Fsp3) is 0. The lowest BCUT2D eigenvalue weighted by Crippen LogP contribution is -1.99. The van der Waals surface area contributed by atoms with Crippen LogP contribution in [0.4, 0.5) is 0 Å². The highest BCUT2D eigenvalue weighted by Crippen LogP contribution is 2.28. The number of benzene rings is 3. The van der Waals surface area contributed by atoms with Gasteiger partial charge in [-0.2, -0.15) is 0 Å². The summed E-state index contributed by atoms with van der Waals surface area (Å²) in [6.45, 7) is 0. The zero-order valence-corrected chi connectivity index (χ0v) is 14.2. The molecule has 0 fully saturated rings. The lowest BCUT2D eigenvalue weighted by atomic mass is 10.1. The van der Waals surface area contributed by atoms with Crippen LogP contribution in [0.1, 0.15) is 0 Å². The molecule has 0 bridgehead atoms. The first-order valence-electron chi connectivity index (χ1n) is 7.12. The van der Waals surface area contributed by atoms with Crippen LogP contribution in [0.15, 0.2) is 66.7 Å². The summed E-state index contributed by atoms with van der Waals surface area (Å²) in [5, 5.41) is 19.3. The molecule has 3 aromatic carbocycles. The predicted octanol–water partition coefficient (Wildman–Crippen LogP) is 4.40. The number of aromatic hydroxyl groups is 1. The first-order valence-corrected chi connectivity index (χ1v) is 8.20. The molecular weight excluding hydrogens is 401 g/mol. The van der Waals surface area contributed by atoms with Crippen LogP contribution in [-0.2, 0) is 0 Å². The predicted molar refractivity (Wildman–Crippen MR) is 98.7 cm³/mol. The molecule has 0 atom stereocenters. The molecule has 5 heteroatoms. The van der Waals surface area contributed by atoms with E-state index in [0.717, 1.165) is 25.7 Å². The van der Waals surface area contributed by atoms with Gasteiger partial charge in [-0.15, -0.1) is 15.0 Å². The Bertz CT molecular complexity index is 996. The Kier molecular flexibility index (Phi) is 3.49. The Morgan fingerprint density at radius 1 is 0.783 bits per heavy atom. The van der Waals surface area contributed by atoms with Gasteiger partial charge in [0, 0.05) is 3.57 Å². The quantitative estimate of drug-likeness (QED) is 0.496. The Balaban J connectivity index is 1.79. The van der Waals surface area contributed by atoms with Crippen molar-refractivity contribution in [3.63, 3.8) is 0 Å². The van der Waals surface area contributed by atoms with Gasteiger partial charge in [0.2, 0.25) is 0 Å². The molecule has 4 aromatic rings. The molecule has 1 heterocycles. The van der Waals surface area contributed by atoms with Gasteiger partial charge in [-0.25, -0.2) is 0 Å². The number of hydrogen-bond donors (Lipinski definition) is 1. The van der Waals surface area contributed by atoms with E-state index in [1.165, 1.54) is 4.80 Å². The standard InChI is InChI=1S/C18H12IN3O/c19-14-7-8-15-16(11-14)21-22(20-15)17-9-6-13(10-18(17)23)12-4-2-1-3-5-12/h1-11,23H. The molecule has 0 amide bonds. The van der Waals surface area contributed by atoms with Gasteiger partial charge >= 0.3 is 0 Å². The molecule has 0 aliphatic rings. The van der Waals surface area contributed by atoms with Gasteiger partial charge in [-0.3, -0.25) is 0 Å². The summed E-state index contributed by atoms with van der Waals surface area (Å²) in [5.74, 6) is 0.154. The fourth-order valence-electron chi connectivity index (χ4n) is 2.50. The maximum atomic E-state index is 10.4. The van der Waals surface area contributed by atoms with Crippen molar-refractivity contribution in [3.8, 4) is 22.6 Å². The van der Waals surface area contributed by atoms with Crippen molar-refractivity contribution >= 4 is 33.6 Å². The lowest BCUT2D eigenvalue weighted by Gasteiger charge is -2.06. The van der Waals surface area contributed by atoms with Gasteiger partial charge in [0.25, 0.3) is 0 Å². The van der Waals surface area contributed by atoms with E-state index in [4.69, 9.17) is 0 Å².